The largest absolute Gasteiger partial charge is 0.493 e. The maximum Gasteiger partial charge on any atom is 0.225 e. The number of carbonyl (C=O) groups excluding carboxylic acids is 1. The van der Waals surface area contributed by atoms with Crippen LogP contribution >= 0.6 is 11.3 Å². The van der Waals surface area contributed by atoms with Crippen molar-refractivity contribution >= 4 is 22.9 Å². The number of anilines is 1. The molecule has 1 aliphatic rings. The molecule has 0 saturated heterocycles. The van der Waals surface area contributed by atoms with Crippen LogP contribution in [0.3, 0.4) is 0 Å². The molecule has 0 fully saturated rings. The molecular weight excluding hydrogens is 346 g/mol. The Morgan fingerprint density at radius 2 is 1.81 bits per heavy atom. The first-order valence-corrected chi connectivity index (χ1v) is 9.27. The van der Waals surface area contributed by atoms with Crippen molar-refractivity contribution in [3.8, 4) is 22.6 Å². The van der Waals surface area contributed by atoms with Crippen LogP contribution in [0.4, 0.5) is 5.69 Å². The Balaban J connectivity index is 1.80. The highest BCUT2D eigenvalue weighted by Crippen LogP contribution is 2.47. The standard InChI is InChI=1S/C21H19NO3S/c1-24-17-9-8-14(10-18(17)25-2)16-12-26-21-15(11-19(23)22-20(16)21)13-6-4-3-5-7-13/h3-10,12,15H,11H2,1-2H3,(H,22,23)/t15-/m1/s1. The predicted octanol–water partition coefficient (Wildman–Crippen LogP) is 4.91. The highest BCUT2D eigenvalue weighted by Gasteiger charge is 2.30. The van der Waals surface area contributed by atoms with E-state index in [4.69, 9.17) is 9.47 Å². The van der Waals surface area contributed by atoms with Gasteiger partial charge in [0.25, 0.3) is 0 Å². The van der Waals surface area contributed by atoms with Gasteiger partial charge in [0, 0.05) is 28.2 Å². The van der Waals surface area contributed by atoms with Gasteiger partial charge in [-0.05, 0) is 23.3 Å². The molecule has 0 radical (unpaired) electrons. The number of carbonyl (C=O) groups is 1. The van der Waals surface area contributed by atoms with Crippen molar-refractivity contribution in [1.82, 2.24) is 0 Å². The van der Waals surface area contributed by atoms with E-state index in [9.17, 15) is 4.79 Å². The van der Waals surface area contributed by atoms with Crippen molar-refractivity contribution in [1.29, 1.82) is 0 Å². The third-order valence-corrected chi connectivity index (χ3v) is 5.78. The minimum Gasteiger partial charge on any atom is -0.493 e. The van der Waals surface area contributed by atoms with E-state index in [1.165, 1.54) is 10.4 Å². The lowest BCUT2D eigenvalue weighted by atomic mass is 9.89. The maximum atomic E-state index is 12.4. The molecule has 1 atom stereocenters. The van der Waals surface area contributed by atoms with Crippen molar-refractivity contribution in [2.24, 2.45) is 0 Å². The van der Waals surface area contributed by atoms with Gasteiger partial charge in [-0.3, -0.25) is 4.79 Å². The van der Waals surface area contributed by atoms with E-state index in [2.05, 4.69) is 22.8 Å². The molecule has 5 heteroatoms. The lowest BCUT2D eigenvalue weighted by Crippen LogP contribution is -2.22. The fourth-order valence-corrected chi connectivity index (χ4v) is 4.56. The van der Waals surface area contributed by atoms with E-state index in [1.54, 1.807) is 25.6 Å². The summed E-state index contributed by atoms with van der Waals surface area (Å²) in [6, 6.07) is 16.0. The lowest BCUT2D eigenvalue weighted by molar-refractivity contribution is -0.116. The first kappa shape index (κ1) is 16.7. The van der Waals surface area contributed by atoms with Crippen LogP contribution in [0.2, 0.25) is 0 Å². The van der Waals surface area contributed by atoms with Crippen molar-refractivity contribution in [2.45, 2.75) is 12.3 Å². The average Bonchev–Trinajstić information content (AvgIpc) is 3.11. The Morgan fingerprint density at radius 3 is 2.54 bits per heavy atom. The van der Waals surface area contributed by atoms with Crippen LogP contribution in [-0.2, 0) is 4.79 Å². The Labute approximate surface area is 156 Å². The molecule has 132 valence electrons. The van der Waals surface area contributed by atoms with E-state index in [1.807, 2.05) is 36.4 Å². The van der Waals surface area contributed by atoms with Crippen molar-refractivity contribution in [3.05, 3.63) is 64.4 Å². The van der Waals surface area contributed by atoms with Gasteiger partial charge in [-0.25, -0.2) is 0 Å². The minimum absolute atomic E-state index is 0.0477. The molecule has 0 spiro atoms. The summed E-state index contributed by atoms with van der Waals surface area (Å²) in [5, 5.41) is 5.18. The molecule has 2 aromatic carbocycles. The normalized spacial score (nSPS) is 15.9. The van der Waals surface area contributed by atoms with Gasteiger partial charge in [0.1, 0.15) is 0 Å². The third kappa shape index (κ3) is 2.84. The number of ether oxygens (including phenoxy) is 2. The quantitative estimate of drug-likeness (QED) is 0.715. The second-order valence-corrected chi connectivity index (χ2v) is 7.09. The van der Waals surface area contributed by atoms with Gasteiger partial charge in [0.2, 0.25) is 5.91 Å². The second kappa shape index (κ2) is 6.84. The summed E-state index contributed by atoms with van der Waals surface area (Å²) >= 11 is 1.69. The van der Waals surface area contributed by atoms with Crippen LogP contribution in [0.25, 0.3) is 11.1 Å². The van der Waals surface area contributed by atoms with Gasteiger partial charge in [-0.2, -0.15) is 0 Å². The fourth-order valence-electron chi connectivity index (χ4n) is 3.40. The van der Waals surface area contributed by atoms with E-state index in [-0.39, 0.29) is 11.8 Å². The van der Waals surface area contributed by atoms with E-state index < -0.39 is 0 Å². The van der Waals surface area contributed by atoms with Crippen LogP contribution < -0.4 is 14.8 Å². The molecule has 3 aromatic rings. The van der Waals surface area contributed by atoms with Crippen LogP contribution in [0.15, 0.2) is 53.9 Å². The molecule has 2 heterocycles. The summed E-state index contributed by atoms with van der Waals surface area (Å²) in [4.78, 5) is 13.6. The van der Waals surface area contributed by atoms with E-state index in [0.29, 0.717) is 17.9 Å². The Hall–Kier alpha value is -2.79. The van der Waals surface area contributed by atoms with Crippen molar-refractivity contribution < 1.29 is 14.3 Å². The van der Waals surface area contributed by atoms with Crippen LogP contribution in [0, 0.1) is 0 Å². The molecule has 0 aliphatic carbocycles. The summed E-state index contributed by atoms with van der Waals surface area (Å²) in [6.07, 6.45) is 0.475. The van der Waals surface area contributed by atoms with Crippen molar-refractivity contribution in [2.75, 3.05) is 19.5 Å². The summed E-state index contributed by atoms with van der Waals surface area (Å²) in [5.74, 6) is 1.50. The molecule has 0 unspecified atom stereocenters. The monoisotopic (exact) mass is 365 g/mol. The molecule has 4 nitrogen and oxygen atoms in total. The third-order valence-electron chi connectivity index (χ3n) is 4.69. The molecule has 1 N–H and O–H groups in total. The number of benzene rings is 2. The van der Waals surface area contributed by atoms with E-state index >= 15 is 0 Å². The molecule has 1 amide bonds. The highest BCUT2D eigenvalue weighted by molar-refractivity contribution is 7.11. The second-order valence-electron chi connectivity index (χ2n) is 6.17. The molecule has 26 heavy (non-hydrogen) atoms. The van der Waals surface area contributed by atoms with Crippen LogP contribution in [0.1, 0.15) is 22.8 Å². The fraction of sp³-hybridized carbons (Fsp3) is 0.190. The summed E-state index contributed by atoms with van der Waals surface area (Å²) in [5.41, 5.74) is 4.09. The van der Waals surface area contributed by atoms with E-state index in [0.717, 1.165) is 16.8 Å². The Morgan fingerprint density at radius 1 is 1.04 bits per heavy atom. The molecule has 1 aromatic heterocycles. The first-order chi connectivity index (χ1) is 12.7. The predicted molar refractivity (Wildman–Crippen MR) is 104 cm³/mol. The number of thiophene rings is 1. The maximum absolute atomic E-state index is 12.4. The molecular formula is C21H19NO3S. The smallest absolute Gasteiger partial charge is 0.225 e. The average molecular weight is 365 g/mol. The summed E-state index contributed by atoms with van der Waals surface area (Å²) in [7, 11) is 3.24. The number of rotatable bonds is 4. The molecule has 0 saturated carbocycles. The molecule has 4 rings (SSSR count). The topological polar surface area (TPSA) is 47.6 Å². The number of hydrogen-bond acceptors (Lipinski definition) is 4. The number of amides is 1. The zero-order chi connectivity index (χ0) is 18.1. The number of fused-ring (bicyclic) bond motifs is 1. The summed E-state index contributed by atoms with van der Waals surface area (Å²) in [6.45, 7) is 0. The van der Waals surface area contributed by atoms with Crippen LogP contribution in [-0.4, -0.2) is 20.1 Å². The molecule has 0 bridgehead atoms. The first-order valence-electron chi connectivity index (χ1n) is 8.40. The summed E-state index contributed by atoms with van der Waals surface area (Å²) < 4.78 is 10.7. The molecule has 1 aliphatic heterocycles. The van der Waals surface area contributed by atoms with Gasteiger partial charge < -0.3 is 14.8 Å². The minimum atomic E-state index is 0.0477. The van der Waals surface area contributed by atoms with Gasteiger partial charge in [0.05, 0.1) is 19.9 Å². The van der Waals surface area contributed by atoms with Crippen LogP contribution in [0.5, 0.6) is 11.5 Å². The number of nitrogens with one attached hydrogen (secondary N) is 1. The zero-order valence-corrected chi connectivity index (χ0v) is 15.4. The van der Waals surface area contributed by atoms with Gasteiger partial charge in [0.15, 0.2) is 11.5 Å². The number of hydrogen-bond donors (Lipinski definition) is 1. The lowest BCUT2D eigenvalue weighted by Gasteiger charge is -2.24. The van der Waals surface area contributed by atoms with Gasteiger partial charge in [-0.15, -0.1) is 11.3 Å². The van der Waals surface area contributed by atoms with Gasteiger partial charge in [-0.1, -0.05) is 36.4 Å². The highest BCUT2D eigenvalue weighted by atomic mass is 32.1. The number of methoxy groups -OCH3 is 2. The SMILES string of the molecule is COc1ccc(-c2csc3c2NC(=O)C[C@@H]3c2ccccc2)cc1OC. The van der Waals surface area contributed by atoms with Gasteiger partial charge >= 0.3 is 0 Å². The van der Waals surface area contributed by atoms with Crippen molar-refractivity contribution in [3.63, 3.8) is 0 Å². The zero-order valence-electron chi connectivity index (χ0n) is 14.6. The Kier molecular flexibility index (Phi) is 4.39. The Bertz CT molecular complexity index is 949.